The Morgan fingerprint density at radius 2 is 0.985 bits per heavy atom. The second kappa shape index (κ2) is 14.7. The second-order valence-corrected chi connectivity index (χ2v) is 22.4. The number of hydrogen-bond acceptors (Lipinski definition) is 5. The highest BCUT2D eigenvalue weighted by atomic mass is 16.3. The highest BCUT2D eigenvalue weighted by Gasteiger charge is 2.48. The van der Waals surface area contributed by atoms with Crippen LogP contribution < -0.4 is 26.4 Å². The first-order chi connectivity index (χ1) is 32.4. The van der Waals surface area contributed by atoms with Gasteiger partial charge in [0.15, 0.2) is 0 Å². The van der Waals surface area contributed by atoms with Gasteiger partial charge in [0.25, 0.3) is 6.71 Å². The van der Waals surface area contributed by atoms with Crippen LogP contribution in [0.15, 0.2) is 159 Å². The summed E-state index contributed by atoms with van der Waals surface area (Å²) in [5.41, 5.74) is 23.3. The lowest BCUT2D eigenvalue weighted by molar-refractivity contribution is 0.589. The van der Waals surface area contributed by atoms with E-state index in [-0.39, 0.29) is 23.0 Å². The second-order valence-electron chi connectivity index (χ2n) is 22.4. The van der Waals surface area contributed by atoms with Crippen LogP contribution in [0.25, 0.3) is 55.2 Å². The van der Waals surface area contributed by atoms with Gasteiger partial charge in [-0.05, 0) is 135 Å². The van der Waals surface area contributed by atoms with Crippen molar-refractivity contribution >= 4 is 90.3 Å². The first kappa shape index (κ1) is 42.2. The molecule has 5 heterocycles. The predicted octanol–water partition coefficient (Wildman–Crippen LogP) is 15.9. The van der Waals surface area contributed by atoms with E-state index in [1.807, 2.05) is 36.8 Å². The quantitative estimate of drug-likeness (QED) is 0.165. The first-order valence-corrected chi connectivity index (χ1v) is 24.1. The third kappa shape index (κ3) is 6.44. The summed E-state index contributed by atoms with van der Waals surface area (Å²) < 4.78 is 19.6. The Labute approximate surface area is 400 Å². The maximum absolute atomic E-state index is 7.42. The summed E-state index contributed by atoms with van der Waals surface area (Å²) in [6, 6.07) is 49.2. The van der Waals surface area contributed by atoms with Crippen LogP contribution >= 0.6 is 0 Å². The van der Waals surface area contributed by atoms with Gasteiger partial charge in [-0.3, -0.25) is 0 Å². The summed E-state index contributed by atoms with van der Waals surface area (Å²) >= 11 is 0. The van der Waals surface area contributed by atoms with E-state index in [2.05, 4.69) is 195 Å². The van der Waals surface area contributed by atoms with Crippen LogP contribution in [0.4, 0.5) is 34.1 Å². The zero-order chi connectivity index (χ0) is 47.2. The Balaban J connectivity index is 1.18. The number of benzene rings is 7. The smallest absolute Gasteiger partial charge is 0.297 e. The average molecular weight is 889 g/mol. The van der Waals surface area contributed by atoms with E-state index in [0.29, 0.717) is 0 Å². The van der Waals surface area contributed by atoms with E-state index in [1.165, 1.54) is 50.1 Å². The summed E-state index contributed by atoms with van der Waals surface area (Å²) in [7, 11) is 0. The molecule has 0 radical (unpaired) electrons. The molecule has 10 aromatic rings. The van der Waals surface area contributed by atoms with Gasteiger partial charge in [0, 0.05) is 50.0 Å². The van der Waals surface area contributed by atoms with Crippen molar-refractivity contribution in [2.45, 2.75) is 92.4 Å². The fourth-order valence-corrected chi connectivity index (χ4v) is 11.0. The lowest BCUT2D eigenvalue weighted by Gasteiger charge is -2.44. The maximum Gasteiger partial charge on any atom is 0.297 e. The molecule has 6 heteroatoms. The Bertz CT molecular complexity index is 3650. The zero-order valence-electron chi connectivity index (χ0n) is 41.1. The maximum atomic E-state index is 7.42. The third-order valence-electron chi connectivity index (χ3n) is 14.7. The van der Waals surface area contributed by atoms with Gasteiger partial charge in [0.2, 0.25) is 0 Å². The van der Waals surface area contributed by atoms with Gasteiger partial charge in [-0.15, -0.1) is 0 Å². The molecule has 336 valence electrons. The largest absolute Gasteiger partial charge is 0.468 e. The van der Waals surface area contributed by atoms with Crippen LogP contribution in [0, 0.1) is 13.8 Å². The Kier molecular flexibility index (Phi) is 9.10. The van der Waals surface area contributed by atoms with Crippen molar-refractivity contribution in [3.63, 3.8) is 0 Å². The molecule has 12 rings (SSSR count). The molecule has 2 aliphatic heterocycles. The number of para-hydroxylation sites is 2. The number of aryl methyl sites for hydroxylation is 2. The van der Waals surface area contributed by atoms with Crippen molar-refractivity contribution in [2.75, 3.05) is 9.80 Å². The zero-order valence-corrected chi connectivity index (χ0v) is 41.1. The molecule has 0 saturated carbocycles. The molecule has 5 nitrogen and oxygen atoms in total. The van der Waals surface area contributed by atoms with Gasteiger partial charge < -0.3 is 23.1 Å². The van der Waals surface area contributed by atoms with E-state index in [1.54, 1.807) is 0 Å². The monoisotopic (exact) mass is 888 g/mol. The summed E-state index contributed by atoms with van der Waals surface area (Å²) in [6.45, 7) is 25.2. The highest BCUT2D eigenvalue weighted by molar-refractivity contribution is 7.00. The average Bonchev–Trinajstić information content (AvgIpc) is 4.04. The molecule has 2 aliphatic rings. The van der Waals surface area contributed by atoms with Crippen molar-refractivity contribution in [3.8, 4) is 22.3 Å². The van der Waals surface area contributed by atoms with Crippen molar-refractivity contribution < 1.29 is 13.3 Å². The highest BCUT2D eigenvalue weighted by Crippen LogP contribution is 2.51. The summed E-state index contributed by atoms with van der Waals surface area (Å²) in [5.74, 6) is 0. The van der Waals surface area contributed by atoms with Crippen molar-refractivity contribution in [1.82, 2.24) is 0 Å². The van der Waals surface area contributed by atoms with Crippen LogP contribution in [-0.4, -0.2) is 6.71 Å². The molecule has 0 saturated heterocycles. The van der Waals surface area contributed by atoms with Gasteiger partial charge in [-0.2, -0.15) is 0 Å². The van der Waals surface area contributed by atoms with Crippen LogP contribution in [0.1, 0.15) is 90.1 Å². The number of nitrogens with zero attached hydrogens (tertiary/aromatic N) is 2. The predicted molar refractivity (Wildman–Crippen MR) is 286 cm³/mol. The van der Waals surface area contributed by atoms with Crippen LogP contribution in [-0.2, 0) is 16.2 Å². The van der Waals surface area contributed by atoms with Crippen LogP contribution in [0.5, 0.6) is 0 Å². The topological polar surface area (TPSA) is 45.9 Å². The van der Waals surface area contributed by atoms with Gasteiger partial charge in [0.05, 0.1) is 29.6 Å². The van der Waals surface area contributed by atoms with E-state index < -0.39 is 0 Å². The molecule has 68 heavy (non-hydrogen) atoms. The first-order valence-electron chi connectivity index (χ1n) is 24.1. The van der Waals surface area contributed by atoms with E-state index in [9.17, 15) is 0 Å². The third-order valence-corrected chi connectivity index (χ3v) is 14.7. The van der Waals surface area contributed by atoms with Crippen molar-refractivity contribution in [3.05, 3.63) is 174 Å². The fraction of sp³-hybridized carbons (Fsp3) is 0.226. The molecule has 7 aromatic carbocycles. The molecule has 0 spiro atoms. The normalized spacial score (nSPS) is 13.7. The lowest BCUT2D eigenvalue weighted by atomic mass is 9.35. The lowest BCUT2D eigenvalue weighted by Crippen LogP contribution is -2.61. The van der Waals surface area contributed by atoms with Gasteiger partial charge in [0.1, 0.15) is 16.7 Å². The van der Waals surface area contributed by atoms with Crippen molar-refractivity contribution in [2.24, 2.45) is 0 Å². The molecule has 0 bridgehead atoms. The Hall–Kier alpha value is -7.18. The minimum Gasteiger partial charge on any atom is -0.468 e. The number of hydrogen-bond donors (Lipinski definition) is 0. The van der Waals surface area contributed by atoms with Gasteiger partial charge in [-0.25, -0.2) is 0 Å². The molecular formula is C62H57BN2O3. The SMILES string of the molecule is Cc1cc(C(C)(C)C)cc(C)c1N1c2cc(C(C)(C)C)cc3c2B(c2cc(-c4coc5ccccc45)ccc2N3c2ccc(-c3coc4ccccc34)cc2)c2oc3ccc(C(C)(C)C)cc3c21. The van der Waals surface area contributed by atoms with E-state index in [4.69, 9.17) is 13.3 Å². The molecule has 0 N–H and O–H groups in total. The minimum atomic E-state index is -0.221. The van der Waals surface area contributed by atoms with Gasteiger partial charge >= 0.3 is 0 Å². The van der Waals surface area contributed by atoms with E-state index >= 15 is 0 Å². The molecule has 0 atom stereocenters. The Morgan fingerprint density at radius 3 is 1.59 bits per heavy atom. The fourth-order valence-electron chi connectivity index (χ4n) is 11.0. The number of rotatable bonds is 4. The summed E-state index contributed by atoms with van der Waals surface area (Å²) in [4.78, 5) is 5.08. The van der Waals surface area contributed by atoms with Crippen LogP contribution in [0.2, 0.25) is 0 Å². The minimum absolute atomic E-state index is 0.00996. The molecule has 0 amide bonds. The molecule has 0 fully saturated rings. The number of anilines is 6. The molecule has 0 unspecified atom stereocenters. The standard InChI is InChI=1S/C62H57BN2O3/c1-36-28-41(61(6,7)8)29-37(2)57(36)65-52-33-42(62(9,10)11)32-51-56(52)63(59-58(65)46-31-40(60(3,4)5)23-27-55(46)68-59)49-30-39(48-35-67-54-19-15-13-17-45(48)54)22-26-50(49)64(51)43-24-20-38(21-25-43)47-34-66-53-18-14-12-16-44(47)53/h12-35H,1-11H3. The molecule has 0 aliphatic carbocycles. The molecule has 3 aromatic heterocycles. The van der Waals surface area contributed by atoms with Crippen LogP contribution in [0.3, 0.4) is 0 Å². The summed E-state index contributed by atoms with van der Waals surface area (Å²) in [6.07, 6.45) is 3.79. The summed E-state index contributed by atoms with van der Waals surface area (Å²) in [5, 5.41) is 3.33. The molecular weight excluding hydrogens is 832 g/mol. The number of fused-ring (bicyclic) bond motifs is 8. The van der Waals surface area contributed by atoms with Crippen molar-refractivity contribution in [1.29, 1.82) is 0 Å². The van der Waals surface area contributed by atoms with Gasteiger partial charge in [-0.1, -0.05) is 141 Å². The Morgan fingerprint density at radius 1 is 0.441 bits per heavy atom. The van der Waals surface area contributed by atoms with E-state index in [0.717, 1.165) is 83.6 Å². The number of furan rings is 3.